The van der Waals surface area contributed by atoms with Crippen molar-refractivity contribution in [1.82, 2.24) is 15.1 Å². The normalized spacial score (nSPS) is 10.5. The number of rotatable bonds is 6. The van der Waals surface area contributed by atoms with Gasteiger partial charge in [-0.3, -0.25) is 4.79 Å². The molecule has 0 unspecified atom stereocenters. The highest BCUT2D eigenvalue weighted by Crippen LogP contribution is 2.15. The van der Waals surface area contributed by atoms with E-state index in [1.807, 2.05) is 0 Å². The molecule has 0 fully saturated rings. The molecule has 3 aromatic rings. The average Bonchev–Trinajstić information content (AvgIpc) is 2.69. The quantitative estimate of drug-likeness (QED) is 0.640. The maximum atomic E-state index is 13.0. The Hall–Kier alpha value is -3.55. The van der Waals surface area contributed by atoms with Crippen molar-refractivity contribution >= 4 is 11.7 Å². The highest BCUT2D eigenvalue weighted by molar-refractivity contribution is 5.89. The van der Waals surface area contributed by atoms with Gasteiger partial charge in [0.15, 0.2) is 0 Å². The molecule has 0 aliphatic carbocycles. The summed E-state index contributed by atoms with van der Waals surface area (Å²) in [6.07, 6.45) is 0.483. The van der Waals surface area contributed by atoms with Crippen molar-refractivity contribution in [2.24, 2.45) is 0 Å². The van der Waals surface area contributed by atoms with Gasteiger partial charge in [0.25, 0.3) is 5.56 Å². The van der Waals surface area contributed by atoms with E-state index in [1.165, 1.54) is 47.1 Å². The predicted molar refractivity (Wildman–Crippen MR) is 102 cm³/mol. The van der Waals surface area contributed by atoms with E-state index in [2.05, 4.69) is 15.7 Å². The molecule has 3 rings (SSSR count). The Labute approximate surface area is 159 Å². The van der Waals surface area contributed by atoms with Crippen molar-refractivity contribution in [2.45, 2.75) is 13.0 Å². The lowest BCUT2D eigenvalue weighted by Crippen LogP contribution is -2.31. The number of hydrogen-bond donors (Lipinski definition) is 2. The van der Waals surface area contributed by atoms with Crippen LogP contribution in [0.25, 0.3) is 11.3 Å². The van der Waals surface area contributed by atoms with Gasteiger partial charge >= 0.3 is 6.03 Å². The number of hydrogen-bond acceptors (Lipinski definition) is 3. The third-order valence-electron chi connectivity index (χ3n) is 3.94. The van der Waals surface area contributed by atoms with Gasteiger partial charge in [0.2, 0.25) is 0 Å². The van der Waals surface area contributed by atoms with Crippen LogP contribution in [0.1, 0.15) is 6.42 Å². The van der Waals surface area contributed by atoms with Gasteiger partial charge in [-0.1, -0.05) is 0 Å². The number of aryl methyl sites for hydroxylation is 1. The summed E-state index contributed by atoms with van der Waals surface area (Å²) < 4.78 is 27.2. The van der Waals surface area contributed by atoms with Crippen molar-refractivity contribution in [3.8, 4) is 11.3 Å². The van der Waals surface area contributed by atoms with E-state index in [1.54, 1.807) is 18.2 Å². The zero-order chi connectivity index (χ0) is 19.9. The number of benzene rings is 2. The number of nitrogens with zero attached hydrogens (tertiary/aromatic N) is 2. The molecule has 144 valence electrons. The Kier molecular flexibility index (Phi) is 6.11. The van der Waals surface area contributed by atoms with Crippen LogP contribution >= 0.6 is 0 Å². The molecular formula is C20H18F2N4O2. The van der Waals surface area contributed by atoms with E-state index in [9.17, 15) is 18.4 Å². The number of aromatic nitrogens is 2. The summed E-state index contributed by atoms with van der Waals surface area (Å²) in [5.74, 6) is -0.728. The molecule has 0 aliphatic heterocycles. The Morgan fingerprint density at radius 2 is 1.57 bits per heavy atom. The van der Waals surface area contributed by atoms with Gasteiger partial charge in [-0.25, -0.2) is 18.3 Å². The highest BCUT2D eigenvalue weighted by Gasteiger charge is 2.05. The first-order valence-corrected chi connectivity index (χ1v) is 8.66. The van der Waals surface area contributed by atoms with Crippen molar-refractivity contribution in [1.29, 1.82) is 0 Å². The first-order valence-electron chi connectivity index (χ1n) is 8.66. The molecule has 28 heavy (non-hydrogen) atoms. The first kappa shape index (κ1) is 19.2. The number of halogens is 2. The molecule has 0 atom stereocenters. The SMILES string of the molecule is O=C(NCCCn1nc(-c2ccc(F)cc2)ccc1=O)Nc1ccc(F)cc1. The largest absolute Gasteiger partial charge is 0.338 e. The summed E-state index contributed by atoms with van der Waals surface area (Å²) in [5, 5.41) is 9.52. The van der Waals surface area contributed by atoms with Crippen molar-refractivity contribution in [3.05, 3.63) is 82.7 Å². The van der Waals surface area contributed by atoms with E-state index < -0.39 is 6.03 Å². The summed E-state index contributed by atoms with van der Waals surface area (Å²) >= 11 is 0. The van der Waals surface area contributed by atoms with Crippen LogP contribution in [0.4, 0.5) is 19.3 Å². The van der Waals surface area contributed by atoms with Crippen LogP contribution in [0, 0.1) is 11.6 Å². The first-order chi connectivity index (χ1) is 13.5. The van der Waals surface area contributed by atoms with Crippen LogP contribution < -0.4 is 16.2 Å². The van der Waals surface area contributed by atoms with E-state index >= 15 is 0 Å². The van der Waals surface area contributed by atoms with Crippen molar-refractivity contribution < 1.29 is 13.6 Å². The molecule has 0 aliphatic rings. The van der Waals surface area contributed by atoms with Gasteiger partial charge in [0, 0.05) is 30.4 Å². The Balaban J connectivity index is 1.52. The van der Waals surface area contributed by atoms with E-state index in [4.69, 9.17) is 0 Å². The average molecular weight is 384 g/mol. The summed E-state index contributed by atoms with van der Waals surface area (Å²) in [4.78, 5) is 23.8. The fourth-order valence-electron chi connectivity index (χ4n) is 2.52. The standard InChI is InChI=1S/C20H18F2N4O2/c21-15-4-2-14(3-5-15)18-10-11-19(27)26(25-18)13-1-12-23-20(28)24-17-8-6-16(22)7-9-17/h2-11H,1,12-13H2,(H2,23,24,28). The molecule has 0 radical (unpaired) electrons. The van der Waals surface area contributed by atoms with Crippen LogP contribution in [0.2, 0.25) is 0 Å². The minimum Gasteiger partial charge on any atom is -0.338 e. The number of carbonyl (C=O) groups excluding carboxylic acids is 1. The van der Waals surface area contributed by atoms with E-state index in [0.29, 0.717) is 36.5 Å². The molecule has 2 amide bonds. The zero-order valence-electron chi connectivity index (χ0n) is 14.9. The molecular weight excluding hydrogens is 366 g/mol. The second-order valence-electron chi connectivity index (χ2n) is 6.03. The van der Waals surface area contributed by atoms with Crippen LogP contribution in [0.15, 0.2) is 65.5 Å². The second-order valence-corrected chi connectivity index (χ2v) is 6.03. The Bertz CT molecular complexity index is 1000. The van der Waals surface area contributed by atoms with Crippen LogP contribution in [-0.4, -0.2) is 22.4 Å². The minimum absolute atomic E-state index is 0.262. The number of urea groups is 1. The zero-order valence-corrected chi connectivity index (χ0v) is 14.9. The molecule has 0 saturated carbocycles. The topological polar surface area (TPSA) is 76.0 Å². The van der Waals surface area contributed by atoms with Crippen molar-refractivity contribution in [3.63, 3.8) is 0 Å². The van der Waals surface area contributed by atoms with E-state index in [-0.39, 0.29) is 17.2 Å². The van der Waals surface area contributed by atoms with Crippen LogP contribution in [-0.2, 0) is 6.54 Å². The summed E-state index contributed by atoms with van der Waals surface area (Å²) in [6, 6.07) is 13.8. The predicted octanol–water partition coefficient (Wildman–Crippen LogP) is 3.40. The number of anilines is 1. The fraction of sp³-hybridized carbons (Fsp3) is 0.150. The van der Waals surface area contributed by atoms with Crippen molar-refractivity contribution in [2.75, 3.05) is 11.9 Å². The third kappa shape index (κ3) is 5.23. The van der Waals surface area contributed by atoms with Gasteiger partial charge in [0.05, 0.1) is 5.69 Å². The van der Waals surface area contributed by atoms with Gasteiger partial charge in [-0.2, -0.15) is 5.10 Å². The molecule has 0 spiro atoms. The van der Waals surface area contributed by atoms with Gasteiger partial charge in [-0.15, -0.1) is 0 Å². The molecule has 0 bridgehead atoms. The lowest BCUT2D eigenvalue weighted by molar-refractivity contribution is 0.251. The third-order valence-corrected chi connectivity index (χ3v) is 3.94. The fourth-order valence-corrected chi connectivity index (χ4v) is 2.52. The minimum atomic E-state index is -0.424. The van der Waals surface area contributed by atoms with Crippen LogP contribution in [0.5, 0.6) is 0 Å². The summed E-state index contributed by atoms with van der Waals surface area (Å²) in [5.41, 5.74) is 1.47. The second kappa shape index (κ2) is 8.90. The number of carbonyl (C=O) groups is 1. The van der Waals surface area contributed by atoms with Gasteiger partial charge < -0.3 is 10.6 Å². The molecule has 6 nitrogen and oxygen atoms in total. The van der Waals surface area contributed by atoms with Gasteiger partial charge in [0.1, 0.15) is 11.6 Å². The number of amides is 2. The molecule has 8 heteroatoms. The molecule has 1 aromatic heterocycles. The monoisotopic (exact) mass is 384 g/mol. The maximum absolute atomic E-state index is 13.0. The Morgan fingerprint density at radius 1 is 0.929 bits per heavy atom. The summed E-state index contributed by atoms with van der Waals surface area (Å²) in [7, 11) is 0. The smallest absolute Gasteiger partial charge is 0.319 e. The lowest BCUT2D eigenvalue weighted by atomic mass is 10.1. The summed E-state index contributed by atoms with van der Waals surface area (Å²) in [6.45, 7) is 0.632. The van der Waals surface area contributed by atoms with Crippen LogP contribution in [0.3, 0.4) is 0 Å². The highest BCUT2D eigenvalue weighted by atomic mass is 19.1. The lowest BCUT2D eigenvalue weighted by Gasteiger charge is -2.09. The molecule has 2 aromatic carbocycles. The van der Waals surface area contributed by atoms with E-state index in [0.717, 1.165) is 0 Å². The molecule has 0 saturated heterocycles. The Morgan fingerprint density at radius 3 is 2.25 bits per heavy atom. The maximum Gasteiger partial charge on any atom is 0.319 e. The molecule has 2 N–H and O–H groups in total. The molecule has 1 heterocycles. The number of nitrogens with one attached hydrogen (secondary N) is 2. The van der Waals surface area contributed by atoms with Gasteiger partial charge in [-0.05, 0) is 61.0 Å².